The molecule has 1 amide bonds. The molecule has 2 aromatic heterocycles. The number of nitrogens with one attached hydrogen (secondary N) is 1. The van der Waals surface area contributed by atoms with E-state index in [1.54, 1.807) is 34.9 Å². The van der Waals surface area contributed by atoms with Crippen LogP contribution in [0.4, 0.5) is 5.95 Å². The maximum absolute atomic E-state index is 13.8. The fourth-order valence-electron chi connectivity index (χ4n) is 4.34. The molecule has 0 bridgehead atoms. The first-order valence-electron chi connectivity index (χ1n) is 14.9. The summed E-state index contributed by atoms with van der Waals surface area (Å²) >= 11 is 0. The van der Waals surface area contributed by atoms with Gasteiger partial charge < -0.3 is 13.6 Å². The molecule has 1 aromatic carbocycles. The number of amides is 1. The van der Waals surface area contributed by atoms with E-state index in [1.165, 1.54) is 13.3 Å². The Morgan fingerprint density at radius 1 is 1.00 bits per heavy atom. The molecule has 0 spiro atoms. The van der Waals surface area contributed by atoms with Gasteiger partial charge in [0.15, 0.2) is 34.0 Å². The second-order valence-corrected chi connectivity index (χ2v) is 24.0. The van der Waals surface area contributed by atoms with Gasteiger partial charge >= 0.3 is 0 Å². The quantitative estimate of drug-likeness (QED) is 0.308. The van der Waals surface area contributed by atoms with Crippen LogP contribution in [-0.4, -0.2) is 66.4 Å². The average molecular weight is 641 g/mol. The van der Waals surface area contributed by atoms with Crippen molar-refractivity contribution in [2.24, 2.45) is 0 Å². The Bertz CT molecular complexity index is 1590. The Hall–Kier alpha value is -2.98. The summed E-state index contributed by atoms with van der Waals surface area (Å²) in [5.74, 6) is -1.31. The molecule has 3 atom stereocenters. The van der Waals surface area contributed by atoms with Crippen molar-refractivity contribution in [2.75, 3.05) is 11.9 Å². The van der Waals surface area contributed by atoms with E-state index < -0.39 is 46.3 Å². The molecule has 1 aliphatic heterocycles. The summed E-state index contributed by atoms with van der Waals surface area (Å²) in [6.45, 7) is 23.5. The van der Waals surface area contributed by atoms with Crippen LogP contribution in [0.2, 0.25) is 36.3 Å². The molecule has 13 heteroatoms. The van der Waals surface area contributed by atoms with Crippen LogP contribution < -0.4 is 10.9 Å². The van der Waals surface area contributed by atoms with Gasteiger partial charge in [0.05, 0.1) is 25.1 Å². The number of ether oxygens (including phenoxy) is 1. The minimum absolute atomic E-state index is 0.0287. The van der Waals surface area contributed by atoms with Crippen molar-refractivity contribution in [1.82, 2.24) is 19.1 Å². The number of fused-ring (bicyclic) bond motifs is 1. The van der Waals surface area contributed by atoms with Crippen molar-refractivity contribution in [3.8, 4) is 0 Å². The Balaban J connectivity index is 1.79. The van der Waals surface area contributed by atoms with E-state index in [1.807, 2.05) is 6.42 Å². The highest BCUT2D eigenvalue weighted by Crippen LogP contribution is 2.43. The largest absolute Gasteiger partial charge is 0.414 e. The number of rotatable bonds is 8. The van der Waals surface area contributed by atoms with Gasteiger partial charge in [-0.25, -0.2) is 9.55 Å². The van der Waals surface area contributed by atoms with Gasteiger partial charge in [0.2, 0.25) is 11.9 Å². The predicted molar refractivity (Wildman–Crippen MR) is 176 cm³/mol. The molecule has 11 nitrogen and oxygen atoms in total. The van der Waals surface area contributed by atoms with E-state index in [2.05, 4.69) is 83.0 Å². The van der Waals surface area contributed by atoms with Crippen LogP contribution in [0.15, 0.2) is 41.5 Å². The third-order valence-electron chi connectivity index (χ3n) is 9.03. The van der Waals surface area contributed by atoms with E-state index >= 15 is 0 Å². The summed E-state index contributed by atoms with van der Waals surface area (Å²) < 4.78 is 22.4. The summed E-state index contributed by atoms with van der Waals surface area (Å²) in [5.41, 5.74) is -0.293. The summed E-state index contributed by atoms with van der Waals surface area (Å²) in [7, 11) is -4.34. The Morgan fingerprint density at radius 2 is 1.61 bits per heavy atom. The van der Waals surface area contributed by atoms with Crippen LogP contribution in [0, 0.1) is 6.42 Å². The molecule has 1 N–H and O–H groups in total. The Labute approximate surface area is 261 Å². The standard InChI is InChI=1S/C31H46N5O6Si2/c1-20(37)33-29-34-25-24(27(39)36(29)26(38)21-15-13-12-14-16-21)32-19-35(25)28-23(42-44(10,11)31(5,6)7)17-22(41-28)18-40-43(8,9)30(2,3)4/h12-17,19,22-23,28H,18H2,1-11H3,(H,33,34,37)/t22-,23-,28-/m1/s1. The zero-order valence-electron chi connectivity index (χ0n) is 27.7. The zero-order chi connectivity index (χ0) is 32.8. The fourth-order valence-corrected chi connectivity index (χ4v) is 6.59. The lowest BCUT2D eigenvalue weighted by Gasteiger charge is -2.39. The SMILES string of the molecule is CC(=O)Nc1nc2c(ncn2[C@@H]2O[C@@H](CO[Si](C)(C)C(C)(C)C)[CH][C@H]2O[Si](C)(C)C(C)(C)C)c(=O)n1C(=O)c1ccccc1. The number of hydrogen-bond donors (Lipinski definition) is 1. The summed E-state index contributed by atoms with van der Waals surface area (Å²) in [5, 5.41) is 2.52. The Morgan fingerprint density at radius 3 is 2.18 bits per heavy atom. The van der Waals surface area contributed by atoms with Gasteiger partial charge in [0.1, 0.15) is 0 Å². The van der Waals surface area contributed by atoms with Gasteiger partial charge in [-0.2, -0.15) is 4.98 Å². The summed E-state index contributed by atoms with van der Waals surface area (Å²) in [6.07, 6.45) is 1.93. The lowest BCUT2D eigenvalue weighted by molar-refractivity contribution is -0.114. The van der Waals surface area contributed by atoms with Gasteiger partial charge in [-0.15, -0.1) is 0 Å². The average Bonchev–Trinajstić information content (AvgIpc) is 3.49. The molecule has 3 heterocycles. The molecule has 1 radical (unpaired) electrons. The number of nitrogens with zero attached hydrogens (tertiary/aromatic N) is 4. The number of aromatic nitrogens is 4. The van der Waals surface area contributed by atoms with Gasteiger partial charge in [0, 0.05) is 18.9 Å². The zero-order valence-corrected chi connectivity index (χ0v) is 29.7. The van der Waals surface area contributed by atoms with Crippen molar-refractivity contribution < 1.29 is 23.2 Å². The number of anilines is 1. The molecule has 0 aliphatic carbocycles. The van der Waals surface area contributed by atoms with Crippen LogP contribution in [-0.2, 0) is 18.4 Å². The van der Waals surface area contributed by atoms with E-state index in [-0.39, 0.29) is 38.9 Å². The minimum atomic E-state index is -2.28. The third kappa shape index (κ3) is 6.81. The molecule has 3 aromatic rings. The van der Waals surface area contributed by atoms with Crippen molar-refractivity contribution in [3.05, 3.63) is 59.0 Å². The molecular formula is C31H46N5O6Si2. The summed E-state index contributed by atoms with van der Waals surface area (Å²) in [6, 6.07) is 8.33. The normalized spacial score (nSPS) is 19.8. The Kier molecular flexibility index (Phi) is 9.31. The molecule has 1 fully saturated rings. The first-order valence-corrected chi connectivity index (χ1v) is 20.7. The number of carbonyl (C=O) groups is 2. The van der Waals surface area contributed by atoms with Crippen molar-refractivity contribution in [1.29, 1.82) is 0 Å². The van der Waals surface area contributed by atoms with Crippen LogP contribution in [0.3, 0.4) is 0 Å². The van der Waals surface area contributed by atoms with Gasteiger partial charge in [-0.05, 0) is 48.4 Å². The molecule has 1 aliphatic rings. The molecule has 4 rings (SSSR count). The molecule has 0 unspecified atom stereocenters. The number of imidazole rings is 1. The monoisotopic (exact) mass is 640 g/mol. The van der Waals surface area contributed by atoms with Crippen LogP contribution in [0.1, 0.15) is 65.1 Å². The van der Waals surface area contributed by atoms with Gasteiger partial charge in [0.25, 0.3) is 11.5 Å². The highest BCUT2D eigenvalue weighted by atomic mass is 28.4. The molecule has 1 saturated heterocycles. The molecule has 239 valence electrons. The first kappa shape index (κ1) is 33.9. The maximum atomic E-state index is 13.8. The highest BCUT2D eigenvalue weighted by molar-refractivity contribution is 6.74. The van der Waals surface area contributed by atoms with Crippen molar-refractivity contribution >= 4 is 45.6 Å². The first-order chi connectivity index (χ1) is 20.2. The topological polar surface area (TPSA) is 127 Å². The molecule has 0 saturated carbocycles. The van der Waals surface area contributed by atoms with Crippen LogP contribution in [0.5, 0.6) is 0 Å². The summed E-state index contributed by atoms with van der Waals surface area (Å²) in [4.78, 5) is 48.3. The number of hydrogen-bond acceptors (Lipinski definition) is 8. The molecule has 44 heavy (non-hydrogen) atoms. The van der Waals surface area contributed by atoms with Crippen LogP contribution in [0.25, 0.3) is 11.2 Å². The van der Waals surface area contributed by atoms with E-state index in [0.29, 0.717) is 6.61 Å². The van der Waals surface area contributed by atoms with Gasteiger partial charge in [-0.1, -0.05) is 59.7 Å². The lowest BCUT2D eigenvalue weighted by Crippen LogP contribution is -2.45. The number of carbonyl (C=O) groups excluding carboxylic acids is 2. The molecular weight excluding hydrogens is 595 g/mol. The smallest absolute Gasteiger partial charge is 0.290 e. The second kappa shape index (κ2) is 12.1. The van der Waals surface area contributed by atoms with Crippen molar-refractivity contribution in [3.63, 3.8) is 0 Å². The second-order valence-electron chi connectivity index (χ2n) is 14.4. The van der Waals surface area contributed by atoms with Gasteiger partial charge in [-0.3, -0.25) is 24.3 Å². The highest BCUT2D eigenvalue weighted by Gasteiger charge is 2.47. The number of benzene rings is 1. The minimum Gasteiger partial charge on any atom is -0.414 e. The predicted octanol–water partition coefficient (Wildman–Crippen LogP) is 5.75. The van der Waals surface area contributed by atoms with Crippen LogP contribution >= 0.6 is 0 Å². The maximum Gasteiger partial charge on any atom is 0.290 e. The van der Waals surface area contributed by atoms with E-state index in [9.17, 15) is 14.4 Å². The van der Waals surface area contributed by atoms with Crippen molar-refractivity contribution in [2.45, 2.75) is 103 Å². The fraction of sp³-hybridized carbons (Fsp3) is 0.548. The third-order valence-corrected chi connectivity index (χ3v) is 18.0. The van der Waals surface area contributed by atoms with E-state index in [0.717, 1.165) is 4.57 Å². The van der Waals surface area contributed by atoms with E-state index in [4.69, 9.17) is 13.6 Å². The lowest BCUT2D eigenvalue weighted by atomic mass is 10.2.